The van der Waals surface area contributed by atoms with Crippen molar-refractivity contribution < 1.29 is 9.90 Å². The summed E-state index contributed by atoms with van der Waals surface area (Å²) in [6, 6.07) is 11.6. The zero-order valence-electron chi connectivity index (χ0n) is 16.1. The third-order valence-electron chi connectivity index (χ3n) is 6.21. The van der Waals surface area contributed by atoms with E-state index in [1.807, 2.05) is 52.2 Å². The highest BCUT2D eigenvalue weighted by Crippen LogP contribution is 2.41. The molecule has 2 aliphatic rings. The lowest BCUT2D eigenvalue weighted by atomic mass is 9.77. The number of nitrogens with one attached hydrogen (secondary N) is 1. The maximum atomic E-state index is 12.9. The number of hydrogen-bond acceptors (Lipinski definition) is 5. The van der Waals surface area contributed by atoms with Gasteiger partial charge in [0, 0.05) is 31.0 Å². The summed E-state index contributed by atoms with van der Waals surface area (Å²) in [5.74, 6) is 1.98. The maximum absolute atomic E-state index is 12.9. The van der Waals surface area contributed by atoms with Crippen LogP contribution in [0.15, 0.2) is 48.8 Å². The molecule has 1 saturated carbocycles. The van der Waals surface area contributed by atoms with Crippen molar-refractivity contribution >= 4 is 5.91 Å². The summed E-state index contributed by atoms with van der Waals surface area (Å²) in [6.45, 7) is 1.43. The van der Waals surface area contributed by atoms with Crippen LogP contribution in [0.2, 0.25) is 0 Å². The zero-order valence-corrected chi connectivity index (χ0v) is 16.1. The van der Waals surface area contributed by atoms with Gasteiger partial charge in [-0.15, -0.1) is 0 Å². The first-order chi connectivity index (χ1) is 14.2. The largest absolute Gasteiger partial charge is 0.391 e. The van der Waals surface area contributed by atoms with E-state index in [4.69, 9.17) is 0 Å². The fourth-order valence-electron chi connectivity index (χ4n) is 4.72. The third-order valence-corrected chi connectivity index (χ3v) is 6.21. The van der Waals surface area contributed by atoms with Crippen LogP contribution in [0.1, 0.15) is 24.7 Å². The molecule has 150 valence electrons. The number of hydrogen-bond donors (Lipinski definition) is 2. The van der Waals surface area contributed by atoms with Crippen molar-refractivity contribution in [1.82, 2.24) is 29.9 Å². The molecular weight excluding hydrogens is 368 g/mol. The average molecular weight is 392 g/mol. The van der Waals surface area contributed by atoms with Crippen LogP contribution in [0, 0.1) is 11.8 Å². The summed E-state index contributed by atoms with van der Waals surface area (Å²) in [7, 11) is 0. The van der Waals surface area contributed by atoms with Crippen LogP contribution in [0.4, 0.5) is 0 Å². The normalized spacial score (nSPS) is 26.4. The first-order valence-corrected chi connectivity index (χ1v) is 10.1. The van der Waals surface area contributed by atoms with E-state index >= 15 is 0 Å². The van der Waals surface area contributed by atoms with Crippen molar-refractivity contribution in [3.05, 3.63) is 54.6 Å². The minimum absolute atomic E-state index is 0.0102. The van der Waals surface area contributed by atoms with E-state index in [0.29, 0.717) is 36.5 Å². The first kappa shape index (κ1) is 18.1. The second-order valence-corrected chi connectivity index (χ2v) is 8.06. The highest BCUT2D eigenvalue weighted by molar-refractivity contribution is 5.78. The van der Waals surface area contributed by atoms with Crippen LogP contribution in [0.25, 0.3) is 11.4 Å². The number of carbonyl (C=O) groups is 1. The van der Waals surface area contributed by atoms with Crippen LogP contribution in [0.5, 0.6) is 0 Å². The van der Waals surface area contributed by atoms with E-state index in [2.05, 4.69) is 20.3 Å². The van der Waals surface area contributed by atoms with Crippen LogP contribution in [0.3, 0.4) is 0 Å². The second-order valence-electron chi connectivity index (χ2n) is 8.06. The van der Waals surface area contributed by atoms with Gasteiger partial charge < -0.3 is 10.0 Å². The molecule has 1 aliphatic carbocycles. The molecular formula is C21H24N6O2. The number of carbonyl (C=O) groups excluding carboxylic acids is 1. The van der Waals surface area contributed by atoms with Crippen molar-refractivity contribution in [1.29, 1.82) is 0 Å². The number of H-pyrrole nitrogens is 1. The molecule has 4 atom stereocenters. The number of aromatic nitrogens is 5. The van der Waals surface area contributed by atoms with Crippen LogP contribution in [-0.2, 0) is 11.2 Å². The molecule has 8 heteroatoms. The van der Waals surface area contributed by atoms with Gasteiger partial charge in [0.25, 0.3) is 0 Å². The summed E-state index contributed by atoms with van der Waals surface area (Å²) in [6.07, 6.45) is 4.99. The molecule has 1 aliphatic heterocycles. The Morgan fingerprint density at radius 1 is 1.14 bits per heavy atom. The van der Waals surface area contributed by atoms with E-state index in [1.54, 1.807) is 6.20 Å². The zero-order chi connectivity index (χ0) is 19.8. The predicted octanol–water partition coefficient (Wildman–Crippen LogP) is 1.68. The number of likely N-dealkylation sites (tertiary alicyclic amines) is 1. The maximum Gasteiger partial charge on any atom is 0.230 e. The smallest absolute Gasteiger partial charge is 0.230 e. The number of amides is 1. The Kier molecular flexibility index (Phi) is 4.63. The molecule has 5 rings (SSSR count). The van der Waals surface area contributed by atoms with Crippen molar-refractivity contribution in [3.8, 4) is 11.4 Å². The van der Waals surface area contributed by atoms with Crippen molar-refractivity contribution in [2.45, 2.75) is 31.4 Å². The summed E-state index contributed by atoms with van der Waals surface area (Å²) in [5.41, 5.74) is 0.924. The molecule has 1 saturated heterocycles. The van der Waals surface area contributed by atoms with Gasteiger partial charge in [-0.25, -0.2) is 4.98 Å². The fourth-order valence-corrected chi connectivity index (χ4v) is 4.72. The standard InChI is InChI=1S/C21H24N6O2/c28-18-10-16-13-26(12-15(16)9-17(18)27-8-4-7-22-27)20(29)11-19-23-21(25-24-19)14-5-2-1-3-6-14/h1-8,15-18,28H,9-13H2,(H,23,24,25)/t15-,16+,17-,18-/m1/s1. The SMILES string of the molecule is O=C(Cc1nc(-c2ccccc2)n[nH]1)N1C[C@H]2C[C@@H](n3cccn3)[C@H](O)C[C@H]2C1. The van der Waals surface area contributed by atoms with Gasteiger partial charge in [-0.1, -0.05) is 30.3 Å². The van der Waals surface area contributed by atoms with Gasteiger partial charge in [0.05, 0.1) is 18.6 Å². The number of aliphatic hydroxyl groups is 1. The summed E-state index contributed by atoms with van der Waals surface area (Å²) in [5, 5.41) is 22.0. The minimum Gasteiger partial charge on any atom is -0.391 e. The van der Waals surface area contributed by atoms with E-state index in [1.165, 1.54) is 0 Å². The Bertz CT molecular complexity index is 970. The molecule has 1 amide bonds. The van der Waals surface area contributed by atoms with Crippen LogP contribution >= 0.6 is 0 Å². The van der Waals surface area contributed by atoms with E-state index in [0.717, 1.165) is 18.5 Å². The number of aromatic amines is 1. The Morgan fingerprint density at radius 2 is 1.93 bits per heavy atom. The summed E-state index contributed by atoms with van der Waals surface area (Å²) >= 11 is 0. The number of nitrogens with zero attached hydrogens (tertiary/aromatic N) is 5. The molecule has 29 heavy (non-hydrogen) atoms. The molecule has 1 aromatic carbocycles. The summed E-state index contributed by atoms with van der Waals surface area (Å²) in [4.78, 5) is 19.2. The molecule has 2 aromatic heterocycles. The number of aliphatic hydroxyl groups excluding tert-OH is 1. The Hall–Kier alpha value is -3.00. The Labute approximate surface area is 168 Å². The van der Waals surface area contributed by atoms with Crippen molar-refractivity contribution in [2.75, 3.05) is 13.1 Å². The summed E-state index contributed by atoms with van der Waals surface area (Å²) < 4.78 is 1.85. The third kappa shape index (κ3) is 3.55. The molecule has 8 nitrogen and oxygen atoms in total. The van der Waals surface area contributed by atoms with Gasteiger partial charge in [-0.2, -0.15) is 10.2 Å². The molecule has 0 unspecified atom stereocenters. The average Bonchev–Trinajstić information content (AvgIpc) is 3.48. The van der Waals surface area contributed by atoms with Gasteiger partial charge >= 0.3 is 0 Å². The Balaban J connectivity index is 1.23. The van der Waals surface area contributed by atoms with E-state index in [-0.39, 0.29) is 18.4 Å². The van der Waals surface area contributed by atoms with Gasteiger partial charge in [0.1, 0.15) is 5.82 Å². The van der Waals surface area contributed by atoms with Crippen molar-refractivity contribution in [2.24, 2.45) is 11.8 Å². The molecule has 3 aromatic rings. The minimum atomic E-state index is -0.422. The van der Waals surface area contributed by atoms with Crippen molar-refractivity contribution in [3.63, 3.8) is 0 Å². The van der Waals surface area contributed by atoms with Gasteiger partial charge in [-0.3, -0.25) is 14.6 Å². The number of fused-ring (bicyclic) bond motifs is 1. The van der Waals surface area contributed by atoms with Crippen LogP contribution < -0.4 is 0 Å². The monoisotopic (exact) mass is 392 g/mol. The van der Waals surface area contributed by atoms with Gasteiger partial charge in [-0.05, 0) is 30.7 Å². The number of rotatable bonds is 4. The predicted molar refractivity (Wildman–Crippen MR) is 106 cm³/mol. The molecule has 0 radical (unpaired) electrons. The highest BCUT2D eigenvalue weighted by atomic mass is 16.3. The number of benzene rings is 1. The van der Waals surface area contributed by atoms with E-state index < -0.39 is 6.10 Å². The molecule has 0 spiro atoms. The molecule has 3 heterocycles. The first-order valence-electron chi connectivity index (χ1n) is 10.1. The molecule has 0 bridgehead atoms. The lowest BCUT2D eigenvalue weighted by Crippen LogP contribution is -2.36. The topological polar surface area (TPSA) is 99.9 Å². The van der Waals surface area contributed by atoms with Crippen LogP contribution in [-0.4, -0.2) is 60.1 Å². The molecule has 2 N–H and O–H groups in total. The molecule has 2 fully saturated rings. The second kappa shape index (κ2) is 7.44. The highest BCUT2D eigenvalue weighted by Gasteiger charge is 2.43. The lowest BCUT2D eigenvalue weighted by molar-refractivity contribution is -0.129. The fraction of sp³-hybridized carbons (Fsp3) is 0.429. The van der Waals surface area contributed by atoms with Gasteiger partial charge in [0.2, 0.25) is 5.91 Å². The Morgan fingerprint density at radius 3 is 2.69 bits per heavy atom. The quantitative estimate of drug-likeness (QED) is 0.704. The lowest BCUT2D eigenvalue weighted by Gasteiger charge is -2.35. The van der Waals surface area contributed by atoms with E-state index in [9.17, 15) is 9.90 Å². The van der Waals surface area contributed by atoms with Gasteiger partial charge in [0.15, 0.2) is 5.82 Å².